The molecule has 2 N–H and O–H groups in total. The molecular formula is C20H23NO5. The molecule has 1 amide bonds. The van der Waals surface area contributed by atoms with Crippen LogP contribution in [0.1, 0.15) is 20.3 Å². The van der Waals surface area contributed by atoms with Gasteiger partial charge in [0.1, 0.15) is 11.7 Å². The van der Waals surface area contributed by atoms with Gasteiger partial charge in [-0.2, -0.15) is 0 Å². The maximum Gasteiger partial charge on any atom is 0.310 e. The molecule has 6 heteroatoms. The van der Waals surface area contributed by atoms with Crippen LogP contribution < -0.4 is 4.74 Å². The van der Waals surface area contributed by atoms with Gasteiger partial charge in [0.15, 0.2) is 5.60 Å². The molecule has 1 aliphatic heterocycles. The van der Waals surface area contributed by atoms with Gasteiger partial charge in [-0.3, -0.25) is 9.59 Å². The highest BCUT2D eigenvalue weighted by molar-refractivity contribution is 5.90. The van der Waals surface area contributed by atoms with Crippen molar-refractivity contribution in [3.05, 3.63) is 42.5 Å². The van der Waals surface area contributed by atoms with Crippen LogP contribution in [0.15, 0.2) is 42.5 Å². The van der Waals surface area contributed by atoms with E-state index >= 15 is 0 Å². The molecule has 6 nitrogen and oxygen atoms in total. The Morgan fingerprint density at radius 3 is 2.58 bits per heavy atom. The van der Waals surface area contributed by atoms with E-state index in [2.05, 4.69) is 0 Å². The Morgan fingerprint density at radius 2 is 1.85 bits per heavy atom. The first-order chi connectivity index (χ1) is 12.3. The zero-order valence-electron chi connectivity index (χ0n) is 14.9. The number of rotatable bonds is 4. The lowest BCUT2D eigenvalue weighted by Gasteiger charge is -2.38. The molecule has 1 fully saturated rings. The van der Waals surface area contributed by atoms with Gasteiger partial charge < -0.3 is 19.8 Å². The first-order valence-electron chi connectivity index (χ1n) is 8.66. The summed E-state index contributed by atoms with van der Waals surface area (Å²) in [6, 6.07) is 13.4. The molecule has 0 radical (unpaired) electrons. The molecule has 3 rings (SSSR count). The van der Waals surface area contributed by atoms with Crippen LogP contribution in [0.5, 0.6) is 5.75 Å². The van der Waals surface area contributed by atoms with E-state index in [9.17, 15) is 19.8 Å². The van der Waals surface area contributed by atoms with Crippen LogP contribution in [0.4, 0.5) is 0 Å². The number of nitrogens with zero attached hydrogens (tertiary/aromatic N) is 1. The van der Waals surface area contributed by atoms with E-state index in [0.717, 1.165) is 10.8 Å². The SMILES string of the molecule is CC(C)(Oc1cccc2ccccc12)C(=O)N1CC[C@H](O)[C@@H](C(=O)O)C1. The summed E-state index contributed by atoms with van der Waals surface area (Å²) in [5.74, 6) is -1.75. The van der Waals surface area contributed by atoms with E-state index in [0.29, 0.717) is 12.3 Å². The summed E-state index contributed by atoms with van der Waals surface area (Å²) in [5, 5.41) is 21.0. The molecule has 0 spiro atoms. The molecule has 1 saturated heterocycles. The highest BCUT2D eigenvalue weighted by Crippen LogP contribution is 2.30. The van der Waals surface area contributed by atoms with Gasteiger partial charge in [-0.1, -0.05) is 36.4 Å². The molecule has 2 atom stereocenters. The van der Waals surface area contributed by atoms with Crippen molar-refractivity contribution in [1.29, 1.82) is 0 Å². The maximum absolute atomic E-state index is 13.0. The monoisotopic (exact) mass is 357 g/mol. The standard InChI is InChI=1S/C20H23NO5/c1-20(2,19(25)21-11-10-16(22)15(12-21)18(23)24)26-17-9-5-7-13-6-3-4-8-14(13)17/h3-9,15-16,22H,10-12H2,1-2H3,(H,23,24)/t15-,16-/m0/s1. The van der Waals surface area contributed by atoms with Gasteiger partial charge in [0.2, 0.25) is 0 Å². The first-order valence-corrected chi connectivity index (χ1v) is 8.66. The molecule has 0 saturated carbocycles. The van der Waals surface area contributed by atoms with E-state index in [1.165, 1.54) is 4.90 Å². The maximum atomic E-state index is 13.0. The Labute approximate surface area is 152 Å². The summed E-state index contributed by atoms with van der Waals surface area (Å²) in [7, 11) is 0. The topological polar surface area (TPSA) is 87.1 Å². The molecule has 2 aromatic rings. The lowest BCUT2D eigenvalue weighted by molar-refractivity contribution is -0.156. The van der Waals surface area contributed by atoms with Crippen LogP contribution >= 0.6 is 0 Å². The Balaban J connectivity index is 1.81. The quantitative estimate of drug-likeness (QED) is 0.877. The molecule has 2 aromatic carbocycles. The van der Waals surface area contributed by atoms with E-state index in [1.54, 1.807) is 13.8 Å². The van der Waals surface area contributed by atoms with Crippen LogP contribution in [0.25, 0.3) is 10.8 Å². The number of fused-ring (bicyclic) bond motifs is 1. The van der Waals surface area contributed by atoms with Crippen molar-refractivity contribution in [2.45, 2.75) is 32.0 Å². The molecule has 1 heterocycles. The molecule has 0 aliphatic carbocycles. The number of carbonyl (C=O) groups is 2. The van der Waals surface area contributed by atoms with E-state index in [-0.39, 0.29) is 18.9 Å². The number of carboxylic acid groups (broad SMARTS) is 1. The number of amides is 1. The minimum Gasteiger partial charge on any atom is -0.481 e. The second-order valence-electron chi connectivity index (χ2n) is 7.14. The summed E-state index contributed by atoms with van der Waals surface area (Å²) >= 11 is 0. The van der Waals surface area contributed by atoms with E-state index < -0.39 is 23.6 Å². The smallest absolute Gasteiger partial charge is 0.310 e. The van der Waals surface area contributed by atoms with E-state index in [4.69, 9.17) is 4.74 Å². The number of aliphatic hydroxyl groups is 1. The van der Waals surface area contributed by atoms with Gasteiger partial charge in [0.25, 0.3) is 5.91 Å². The fourth-order valence-corrected chi connectivity index (χ4v) is 3.35. The highest BCUT2D eigenvalue weighted by atomic mass is 16.5. The van der Waals surface area contributed by atoms with Crippen molar-refractivity contribution in [1.82, 2.24) is 4.90 Å². The largest absolute Gasteiger partial charge is 0.481 e. The van der Waals surface area contributed by atoms with E-state index in [1.807, 2.05) is 42.5 Å². The first kappa shape index (κ1) is 18.2. The average molecular weight is 357 g/mol. The van der Waals surface area contributed by atoms with Crippen LogP contribution in [0.3, 0.4) is 0 Å². The minimum atomic E-state index is -1.16. The number of benzene rings is 2. The summed E-state index contributed by atoms with van der Waals surface area (Å²) < 4.78 is 6.05. The summed E-state index contributed by atoms with van der Waals surface area (Å²) in [6.07, 6.45) is -0.689. The molecule has 0 bridgehead atoms. The zero-order chi connectivity index (χ0) is 18.9. The molecule has 26 heavy (non-hydrogen) atoms. The predicted molar refractivity (Wildman–Crippen MR) is 97.0 cm³/mol. The van der Waals surface area contributed by atoms with Crippen LogP contribution in [0, 0.1) is 5.92 Å². The van der Waals surface area contributed by atoms with Crippen molar-refractivity contribution in [2.24, 2.45) is 5.92 Å². The number of carbonyl (C=O) groups excluding carboxylic acids is 1. The Kier molecular flexibility index (Phi) is 4.87. The van der Waals surface area contributed by atoms with Gasteiger partial charge in [-0.15, -0.1) is 0 Å². The predicted octanol–water partition coefficient (Wildman–Crippen LogP) is 2.29. The highest BCUT2D eigenvalue weighted by Gasteiger charge is 2.41. The average Bonchev–Trinajstić information content (AvgIpc) is 2.61. The van der Waals surface area contributed by atoms with Crippen molar-refractivity contribution in [3.63, 3.8) is 0 Å². The third kappa shape index (κ3) is 3.51. The summed E-state index contributed by atoms with van der Waals surface area (Å²) in [5.41, 5.74) is -1.16. The molecule has 138 valence electrons. The summed E-state index contributed by atoms with van der Waals surface area (Å²) in [6.45, 7) is 3.65. The Hall–Kier alpha value is -2.60. The Bertz CT molecular complexity index is 827. The molecule has 0 unspecified atom stereocenters. The van der Waals surface area contributed by atoms with Gasteiger partial charge in [0.05, 0.1) is 6.10 Å². The van der Waals surface area contributed by atoms with Gasteiger partial charge in [0, 0.05) is 18.5 Å². The number of piperidine rings is 1. The molecular weight excluding hydrogens is 334 g/mol. The normalized spacial score (nSPS) is 20.8. The van der Waals surface area contributed by atoms with Crippen LogP contribution in [-0.2, 0) is 9.59 Å². The number of ether oxygens (including phenoxy) is 1. The zero-order valence-corrected chi connectivity index (χ0v) is 14.9. The third-order valence-corrected chi connectivity index (χ3v) is 4.81. The van der Waals surface area contributed by atoms with Crippen molar-refractivity contribution in [3.8, 4) is 5.75 Å². The van der Waals surface area contributed by atoms with Gasteiger partial charge >= 0.3 is 5.97 Å². The second kappa shape index (κ2) is 6.96. The second-order valence-corrected chi connectivity index (χ2v) is 7.14. The van der Waals surface area contributed by atoms with Crippen molar-refractivity contribution >= 4 is 22.6 Å². The third-order valence-electron chi connectivity index (χ3n) is 4.81. The molecule has 0 aromatic heterocycles. The number of carboxylic acids is 1. The van der Waals surface area contributed by atoms with Crippen LogP contribution in [0.2, 0.25) is 0 Å². The fourth-order valence-electron chi connectivity index (χ4n) is 3.35. The minimum absolute atomic E-state index is 0.0162. The number of hydrogen-bond acceptors (Lipinski definition) is 4. The van der Waals surface area contributed by atoms with Crippen LogP contribution in [-0.4, -0.2) is 51.8 Å². The summed E-state index contributed by atoms with van der Waals surface area (Å²) in [4.78, 5) is 25.7. The van der Waals surface area contributed by atoms with Gasteiger partial charge in [-0.05, 0) is 31.7 Å². The molecule has 1 aliphatic rings. The van der Waals surface area contributed by atoms with Gasteiger partial charge in [-0.25, -0.2) is 0 Å². The van der Waals surface area contributed by atoms with Crippen molar-refractivity contribution < 1.29 is 24.5 Å². The number of likely N-dealkylation sites (tertiary alicyclic amines) is 1. The number of aliphatic carboxylic acids is 1. The number of aliphatic hydroxyl groups excluding tert-OH is 1. The van der Waals surface area contributed by atoms with Crippen molar-refractivity contribution in [2.75, 3.05) is 13.1 Å². The lowest BCUT2D eigenvalue weighted by Crippen LogP contribution is -2.55. The Morgan fingerprint density at radius 1 is 1.15 bits per heavy atom. The lowest BCUT2D eigenvalue weighted by atomic mass is 9.93. The fraction of sp³-hybridized carbons (Fsp3) is 0.400. The number of hydrogen-bond donors (Lipinski definition) is 2.